The molecule has 1 atom stereocenters. The Labute approximate surface area is 118 Å². The van der Waals surface area contributed by atoms with Crippen LogP contribution in [0.5, 0.6) is 0 Å². The number of likely N-dealkylation sites (N-methyl/N-ethyl adjacent to an activating group) is 2. The maximum atomic E-state index is 11.9. The number of furan rings is 1. The molecule has 0 saturated carbocycles. The van der Waals surface area contributed by atoms with Crippen molar-refractivity contribution in [2.45, 2.75) is 19.5 Å². The van der Waals surface area contributed by atoms with Crippen molar-refractivity contribution in [3.63, 3.8) is 0 Å². The second-order valence-corrected chi connectivity index (χ2v) is 5.06. The molecule has 0 radical (unpaired) electrons. The molecule has 2 aromatic rings. The Kier molecular flexibility index (Phi) is 4.24. The van der Waals surface area contributed by atoms with E-state index in [1.54, 1.807) is 25.2 Å². The molecule has 0 aliphatic carbocycles. The van der Waals surface area contributed by atoms with Gasteiger partial charge in [-0.05, 0) is 32.2 Å². The van der Waals surface area contributed by atoms with E-state index in [0.29, 0.717) is 6.54 Å². The number of hydrogen-bond donors (Lipinski definition) is 1. The lowest BCUT2D eigenvalue weighted by molar-refractivity contribution is -0.133. The number of aromatic amines is 1. The van der Waals surface area contributed by atoms with Gasteiger partial charge in [-0.1, -0.05) is 0 Å². The first kappa shape index (κ1) is 14.3. The number of rotatable bonds is 5. The van der Waals surface area contributed by atoms with Crippen LogP contribution < -0.4 is 0 Å². The van der Waals surface area contributed by atoms with Crippen molar-refractivity contribution in [3.05, 3.63) is 30.2 Å². The first-order valence-corrected chi connectivity index (χ1v) is 6.49. The molecule has 6 heteroatoms. The van der Waals surface area contributed by atoms with E-state index in [-0.39, 0.29) is 11.9 Å². The Morgan fingerprint density at radius 1 is 1.35 bits per heavy atom. The van der Waals surface area contributed by atoms with Crippen molar-refractivity contribution in [3.8, 4) is 11.5 Å². The van der Waals surface area contributed by atoms with Crippen LogP contribution in [0.2, 0.25) is 0 Å². The van der Waals surface area contributed by atoms with Gasteiger partial charge in [0, 0.05) is 20.3 Å². The van der Waals surface area contributed by atoms with Crippen LogP contribution in [-0.2, 0) is 11.3 Å². The molecule has 0 aliphatic rings. The lowest BCUT2D eigenvalue weighted by Crippen LogP contribution is -2.42. The van der Waals surface area contributed by atoms with Crippen LogP contribution in [0.1, 0.15) is 12.7 Å². The quantitative estimate of drug-likeness (QED) is 0.900. The summed E-state index contributed by atoms with van der Waals surface area (Å²) in [4.78, 5) is 15.5. The molecule has 0 fully saturated rings. The van der Waals surface area contributed by atoms with Gasteiger partial charge in [-0.25, -0.2) is 0 Å². The summed E-state index contributed by atoms with van der Waals surface area (Å²) in [5, 5.41) is 6.75. The number of amides is 1. The standard InChI is InChI=1S/C14H20N4O2/c1-10(14(19)17(2)3)18(4)9-11-5-6-13(20-11)12-7-8-15-16-12/h5-8,10H,9H2,1-4H3,(H,15,16)/t10-/m0/s1. The third kappa shape index (κ3) is 3.08. The van der Waals surface area contributed by atoms with Crippen LogP contribution >= 0.6 is 0 Å². The predicted octanol–water partition coefficient (Wildman–Crippen LogP) is 1.58. The molecule has 2 rings (SSSR count). The number of nitrogens with zero attached hydrogens (tertiary/aromatic N) is 3. The number of H-pyrrole nitrogens is 1. The highest BCUT2D eigenvalue weighted by molar-refractivity contribution is 5.80. The molecule has 0 aromatic carbocycles. The minimum Gasteiger partial charge on any atom is -0.458 e. The summed E-state index contributed by atoms with van der Waals surface area (Å²) in [7, 11) is 5.43. The average Bonchev–Trinajstić information content (AvgIpc) is 3.06. The van der Waals surface area contributed by atoms with Gasteiger partial charge in [0.05, 0.1) is 12.6 Å². The van der Waals surface area contributed by atoms with Gasteiger partial charge in [0.1, 0.15) is 11.5 Å². The second kappa shape index (κ2) is 5.92. The average molecular weight is 276 g/mol. The predicted molar refractivity (Wildman–Crippen MR) is 75.9 cm³/mol. The van der Waals surface area contributed by atoms with E-state index in [1.807, 2.05) is 37.1 Å². The van der Waals surface area contributed by atoms with E-state index in [2.05, 4.69) is 10.2 Å². The Morgan fingerprint density at radius 2 is 2.10 bits per heavy atom. The van der Waals surface area contributed by atoms with E-state index >= 15 is 0 Å². The molecule has 0 bridgehead atoms. The summed E-state index contributed by atoms with van der Waals surface area (Å²) in [5.74, 6) is 1.64. The number of nitrogens with one attached hydrogen (secondary N) is 1. The molecule has 2 aromatic heterocycles. The zero-order valence-corrected chi connectivity index (χ0v) is 12.3. The Bertz CT molecular complexity index is 560. The molecule has 20 heavy (non-hydrogen) atoms. The molecule has 1 amide bonds. The van der Waals surface area contributed by atoms with E-state index in [9.17, 15) is 4.79 Å². The minimum absolute atomic E-state index is 0.0767. The van der Waals surface area contributed by atoms with Gasteiger partial charge in [-0.15, -0.1) is 0 Å². The highest BCUT2D eigenvalue weighted by Gasteiger charge is 2.20. The number of carbonyl (C=O) groups excluding carboxylic acids is 1. The van der Waals surface area contributed by atoms with E-state index < -0.39 is 0 Å². The van der Waals surface area contributed by atoms with Gasteiger partial charge in [-0.3, -0.25) is 14.8 Å². The highest BCUT2D eigenvalue weighted by Crippen LogP contribution is 2.20. The van der Waals surface area contributed by atoms with Crippen molar-refractivity contribution in [2.24, 2.45) is 0 Å². The topological polar surface area (TPSA) is 65.4 Å². The smallest absolute Gasteiger partial charge is 0.239 e. The third-order valence-corrected chi connectivity index (χ3v) is 3.29. The van der Waals surface area contributed by atoms with Crippen molar-refractivity contribution in [1.82, 2.24) is 20.0 Å². The van der Waals surface area contributed by atoms with Crippen molar-refractivity contribution in [1.29, 1.82) is 0 Å². The van der Waals surface area contributed by atoms with Crippen molar-refractivity contribution >= 4 is 5.91 Å². The SMILES string of the molecule is C[C@@H](C(=O)N(C)C)N(C)Cc1ccc(-c2ccn[nH]2)o1. The van der Waals surface area contributed by atoms with Crippen LogP contribution in [0.25, 0.3) is 11.5 Å². The zero-order valence-electron chi connectivity index (χ0n) is 12.3. The van der Waals surface area contributed by atoms with Crippen LogP contribution in [0, 0.1) is 0 Å². The molecule has 0 aliphatic heterocycles. The van der Waals surface area contributed by atoms with Crippen molar-refractivity contribution < 1.29 is 9.21 Å². The number of aromatic nitrogens is 2. The van der Waals surface area contributed by atoms with Crippen molar-refractivity contribution in [2.75, 3.05) is 21.1 Å². The molecule has 0 saturated heterocycles. The largest absolute Gasteiger partial charge is 0.458 e. The summed E-state index contributed by atoms with van der Waals surface area (Å²) in [6.45, 7) is 2.47. The Balaban J connectivity index is 2.02. The van der Waals surface area contributed by atoms with E-state index in [0.717, 1.165) is 17.2 Å². The molecule has 0 spiro atoms. The van der Waals surface area contributed by atoms with Gasteiger partial charge < -0.3 is 9.32 Å². The number of hydrogen-bond acceptors (Lipinski definition) is 4. The lowest BCUT2D eigenvalue weighted by atomic mass is 10.2. The fourth-order valence-corrected chi connectivity index (χ4v) is 1.95. The maximum Gasteiger partial charge on any atom is 0.239 e. The first-order chi connectivity index (χ1) is 9.49. The Morgan fingerprint density at radius 3 is 2.70 bits per heavy atom. The third-order valence-electron chi connectivity index (χ3n) is 3.29. The molecule has 6 nitrogen and oxygen atoms in total. The number of carbonyl (C=O) groups is 1. The summed E-state index contributed by atoms with van der Waals surface area (Å²) >= 11 is 0. The Hall–Kier alpha value is -2.08. The zero-order chi connectivity index (χ0) is 14.7. The summed E-state index contributed by atoms with van der Waals surface area (Å²) in [5.41, 5.74) is 0.844. The maximum absolute atomic E-state index is 11.9. The molecule has 108 valence electrons. The van der Waals surface area contributed by atoms with Gasteiger partial charge in [-0.2, -0.15) is 5.10 Å². The first-order valence-electron chi connectivity index (χ1n) is 6.49. The van der Waals surface area contributed by atoms with Crippen LogP contribution in [-0.4, -0.2) is 53.1 Å². The summed E-state index contributed by atoms with van der Waals surface area (Å²) in [6.07, 6.45) is 1.68. The van der Waals surface area contributed by atoms with Crippen LogP contribution in [0.15, 0.2) is 28.8 Å². The molecule has 0 unspecified atom stereocenters. The van der Waals surface area contributed by atoms with Crippen LogP contribution in [0.3, 0.4) is 0 Å². The van der Waals surface area contributed by atoms with Gasteiger partial charge in [0.25, 0.3) is 0 Å². The molecule has 2 heterocycles. The minimum atomic E-state index is -0.189. The molecular weight excluding hydrogens is 256 g/mol. The fraction of sp³-hybridized carbons (Fsp3) is 0.429. The highest BCUT2D eigenvalue weighted by atomic mass is 16.3. The van der Waals surface area contributed by atoms with Gasteiger partial charge >= 0.3 is 0 Å². The molecular formula is C14H20N4O2. The normalized spacial score (nSPS) is 12.7. The second-order valence-electron chi connectivity index (χ2n) is 5.06. The summed E-state index contributed by atoms with van der Waals surface area (Å²) < 4.78 is 5.75. The lowest BCUT2D eigenvalue weighted by Gasteiger charge is -2.25. The van der Waals surface area contributed by atoms with Gasteiger partial charge in [0.2, 0.25) is 5.91 Å². The summed E-state index contributed by atoms with van der Waals surface area (Å²) in [6, 6.07) is 5.48. The van der Waals surface area contributed by atoms with E-state index in [4.69, 9.17) is 4.42 Å². The fourth-order valence-electron chi connectivity index (χ4n) is 1.95. The monoisotopic (exact) mass is 276 g/mol. The van der Waals surface area contributed by atoms with Crippen LogP contribution in [0.4, 0.5) is 0 Å². The molecule has 1 N–H and O–H groups in total. The van der Waals surface area contributed by atoms with E-state index in [1.165, 1.54) is 0 Å². The van der Waals surface area contributed by atoms with Gasteiger partial charge in [0.15, 0.2) is 5.76 Å².